The summed E-state index contributed by atoms with van der Waals surface area (Å²) in [5, 5.41) is 0. The highest BCUT2D eigenvalue weighted by Crippen LogP contribution is 2.38. The molecule has 0 spiro atoms. The van der Waals surface area contributed by atoms with E-state index < -0.39 is 16.1 Å². The molecule has 2 aliphatic rings. The van der Waals surface area contributed by atoms with E-state index in [0.717, 1.165) is 11.1 Å². The van der Waals surface area contributed by atoms with Gasteiger partial charge in [-0.2, -0.15) is 0 Å². The number of fused-ring (bicyclic) bond motifs is 2. The first-order valence-corrected chi connectivity index (χ1v) is 11.5. The van der Waals surface area contributed by atoms with Gasteiger partial charge in [-0.15, -0.1) is 0 Å². The van der Waals surface area contributed by atoms with E-state index >= 15 is 0 Å². The summed E-state index contributed by atoms with van der Waals surface area (Å²) in [7, 11) is -2.31. The molecule has 2 aliphatic heterocycles. The van der Waals surface area contributed by atoms with Crippen molar-refractivity contribution in [3.8, 4) is 11.5 Å². The summed E-state index contributed by atoms with van der Waals surface area (Å²) in [5.41, 5.74) is 2.19. The Bertz CT molecular complexity index is 1090. The molecular formula is C20H21BrN2O5S. The molecule has 2 aromatic carbocycles. The number of benzene rings is 2. The van der Waals surface area contributed by atoms with Crippen LogP contribution in [0.1, 0.15) is 18.1 Å². The fourth-order valence-electron chi connectivity index (χ4n) is 3.90. The van der Waals surface area contributed by atoms with Crippen LogP contribution in [-0.2, 0) is 27.7 Å². The molecule has 0 unspecified atom stereocenters. The van der Waals surface area contributed by atoms with Crippen LogP contribution in [-0.4, -0.2) is 40.6 Å². The number of hydrogen-bond donors (Lipinski definition) is 1. The van der Waals surface area contributed by atoms with Crippen LogP contribution in [0.2, 0.25) is 0 Å². The van der Waals surface area contributed by atoms with Gasteiger partial charge in [-0.25, -0.2) is 13.1 Å². The van der Waals surface area contributed by atoms with Gasteiger partial charge in [0.15, 0.2) is 11.5 Å². The molecule has 7 nitrogen and oxygen atoms in total. The third-order valence-corrected chi connectivity index (χ3v) is 7.15. The highest BCUT2D eigenvalue weighted by Gasteiger charge is 2.33. The van der Waals surface area contributed by atoms with Crippen LogP contribution in [0.25, 0.3) is 0 Å². The number of hydrogen-bond acceptors (Lipinski definition) is 5. The lowest BCUT2D eigenvalue weighted by Gasteiger charge is -2.27. The van der Waals surface area contributed by atoms with Crippen LogP contribution < -0.4 is 19.1 Å². The first kappa shape index (κ1) is 20.2. The Kier molecular flexibility index (Phi) is 5.30. The highest BCUT2D eigenvalue weighted by molar-refractivity contribution is 9.10. The smallest absolute Gasteiger partial charge is 0.243 e. The number of methoxy groups -OCH3 is 1. The third-order valence-electron chi connectivity index (χ3n) is 5.16. The highest BCUT2D eigenvalue weighted by atomic mass is 79.9. The lowest BCUT2D eigenvalue weighted by Crippen LogP contribution is -2.43. The molecule has 0 aromatic heterocycles. The fourth-order valence-corrected chi connectivity index (χ4v) is 6.05. The molecule has 0 bridgehead atoms. The predicted octanol–water partition coefficient (Wildman–Crippen LogP) is 2.65. The molecule has 2 aromatic rings. The summed E-state index contributed by atoms with van der Waals surface area (Å²) in [6, 6.07) is 8.54. The number of anilines is 1. The lowest BCUT2D eigenvalue weighted by atomic mass is 10.0. The number of amides is 1. The first-order chi connectivity index (χ1) is 13.8. The van der Waals surface area contributed by atoms with Gasteiger partial charge in [-0.1, -0.05) is 28.1 Å². The van der Waals surface area contributed by atoms with E-state index in [9.17, 15) is 13.2 Å². The minimum Gasteiger partial charge on any atom is -0.493 e. The van der Waals surface area contributed by atoms with Crippen molar-refractivity contribution in [1.82, 2.24) is 4.72 Å². The summed E-state index contributed by atoms with van der Waals surface area (Å²) in [6.07, 6.45) is 1.11. The van der Waals surface area contributed by atoms with Gasteiger partial charge >= 0.3 is 0 Å². The fraction of sp³-hybridized carbons (Fsp3) is 0.350. The van der Waals surface area contributed by atoms with Gasteiger partial charge in [-0.05, 0) is 42.2 Å². The van der Waals surface area contributed by atoms with Gasteiger partial charge in [-0.3, -0.25) is 4.79 Å². The van der Waals surface area contributed by atoms with Crippen molar-refractivity contribution in [2.24, 2.45) is 0 Å². The minimum atomic E-state index is -3.88. The van der Waals surface area contributed by atoms with E-state index in [1.165, 1.54) is 11.8 Å². The standard InChI is InChI=1S/C20H21BrN2O5S/c1-12(24)23-7-6-13-8-15(21)10-18(19(13)23)29(25,26)22-16-9-14-4-3-5-17(27-2)20(14)28-11-16/h3-5,8,10,16,22H,6-7,9,11H2,1-2H3/t16-/m0/s1. The topological polar surface area (TPSA) is 84.9 Å². The Morgan fingerprint density at radius 3 is 2.83 bits per heavy atom. The Labute approximate surface area is 178 Å². The lowest BCUT2D eigenvalue weighted by molar-refractivity contribution is -0.116. The van der Waals surface area contributed by atoms with Gasteiger partial charge in [0.05, 0.1) is 18.8 Å². The summed E-state index contributed by atoms with van der Waals surface area (Å²) in [4.78, 5) is 13.7. The zero-order valence-electron chi connectivity index (χ0n) is 16.1. The third kappa shape index (κ3) is 3.74. The molecule has 1 atom stereocenters. The van der Waals surface area contributed by atoms with Crippen LogP contribution in [0, 0.1) is 0 Å². The molecular weight excluding hydrogens is 460 g/mol. The number of carbonyl (C=O) groups excluding carboxylic acids is 1. The Morgan fingerprint density at radius 1 is 1.31 bits per heavy atom. The number of sulfonamides is 1. The van der Waals surface area contributed by atoms with Crippen molar-refractivity contribution in [3.05, 3.63) is 45.9 Å². The molecule has 1 amide bonds. The number of carbonyl (C=O) groups is 1. The summed E-state index contributed by atoms with van der Waals surface area (Å²) in [5.74, 6) is 1.10. The molecule has 154 valence electrons. The molecule has 0 fully saturated rings. The average Bonchev–Trinajstić information content (AvgIpc) is 3.10. The van der Waals surface area contributed by atoms with Gasteiger partial charge in [0, 0.05) is 17.9 Å². The molecule has 4 rings (SSSR count). The summed E-state index contributed by atoms with van der Waals surface area (Å²) >= 11 is 3.39. The van der Waals surface area contributed by atoms with Gasteiger partial charge in [0.2, 0.25) is 15.9 Å². The SMILES string of the molecule is COc1cccc2c1OC[C@@H](NS(=O)(=O)c1cc(Br)cc3c1N(C(C)=O)CC3)C2. The van der Waals surface area contributed by atoms with Gasteiger partial charge < -0.3 is 14.4 Å². The Morgan fingerprint density at radius 2 is 2.10 bits per heavy atom. The second-order valence-corrected chi connectivity index (χ2v) is 9.71. The average molecular weight is 481 g/mol. The van der Waals surface area contributed by atoms with Crippen molar-refractivity contribution in [2.45, 2.75) is 30.7 Å². The van der Waals surface area contributed by atoms with Crippen molar-refractivity contribution in [1.29, 1.82) is 0 Å². The predicted molar refractivity (Wildman–Crippen MR) is 112 cm³/mol. The second kappa shape index (κ2) is 7.62. The molecule has 2 heterocycles. The van der Waals surface area contributed by atoms with Crippen molar-refractivity contribution in [2.75, 3.05) is 25.2 Å². The van der Waals surface area contributed by atoms with Crippen LogP contribution in [0.5, 0.6) is 11.5 Å². The normalized spacial score (nSPS) is 18.0. The quantitative estimate of drug-likeness (QED) is 0.726. The van der Waals surface area contributed by atoms with Crippen LogP contribution in [0.15, 0.2) is 39.7 Å². The van der Waals surface area contributed by atoms with E-state index in [4.69, 9.17) is 9.47 Å². The summed E-state index contributed by atoms with van der Waals surface area (Å²) < 4.78 is 41.0. The molecule has 0 saturated heterocycles. The number of nitrogens with one attached hydrogen (secondary N) is 1. The van der Waals surface area contributed by atoms with Gasteiger partial charge in [0.1, 0.15) is 11.5 Å². The van der Waals surface area contributed by atoms with E-state index in [1.54, 1.807) is 13.2 Å². The monoisotopic (exact) mass is 480 g/mol. The van der Waals surface area contributed by atoms with Crippen LogP contribution in [0.3, 0.4) is 0 Å². The Hall–Kier alpha value is -2.10. The number of ether oxygens (including phenoxy) is 2. The van der Waals surface area contributed by atoms with Crippen molar-refractivity contribution in [3.63, 3.8) is 0 Å². The molecule has 1 N–H and O–H groups in total. The van der Waals surface area contributed by atoms with E-state index in [-0.39, 0.29) is 17.4 Å². The minimum absolute atomic E-state index is 0.103. The van der Waals surface area contributed by atoms with Gasteiger partial charge in [0.25, 0.3) is 0 Å². The number of halogens is 1. The maximum Gasteiger partial charge on any atom is 0.243 e. The van der Waals surface area contributed by atoms with E-state index in [0.29, 0.717) is 41.0 Å². The van der Waals surface area contributed by atoms with Crippen LogP contribution >= 0.6 is 15.9 Å². The Balaban J connectivity index is 1.65. The molecule has 0 radical (unpaired) electrons. The molecule has 0 aliphatic carbocycles. The number of rotatable bonds is 4. The van der Waals surface area contributed by atoms with Crippen molar-refractivity contribution >= 4 is 37.5 Å². The molecule has 0 saturated carbocycles. The van der Waals surface area contributed by atoms with E-state index in [2.05, 4.69) is 20.7 Å². The maximum atomic E-state index is 13.3. The number of nitrogens with zero attached hydrogens (tertiary/aromatic N) is 1. The van der Waals surface area contributed by atoms with Crippen LogP contribution in [0.4, 0.5) is 5.69 Å². The second-order valence-electron chi connectivity index (χ2n) is 7.11. The molecule has 29 heavy (non-hydrogen) atoms. The number of para-hydroxylation sites is 1. The zero-order chi connectivity index (χ0) is 20.8. The summed E-state index contributed by atoms with van der Waals surface area (Å²) in [6.45, 7) is 2.11. The largest absolute Gasteiger partial charge is 0.493 e. The van der Waals surface area contributed by atoms with E-state index in [1.807, 2.05) is 24.3 Å². The first-order valence-electron chi connectivity index (χ1n) is 9.21. The van der Waals surface area contributed by atoms with Crippen molar-refractivity contribution < 1.29 is 22.7 Å². The molecule has 9 heteroatoms. The maximum absolute atomic E-state index is 13.3. The zero-order valence-corrected chi connectivity index (χ0v) is 18.5.